The molecule has 0 atom stereocenters. The molecular weight excluding hydrogens is 228 g/mol. The number of carbonyl (C=O) groups excluding carboxylic acids is 1. The largest absolute Gasteiger partial charge is 0.493 e. The van der Waals surface area contributed by atoms with Crippen LogP contribution in [0, 0.1) is 0 Å². The van der Waals surface area contributed by atoms with Crippen molar-refractivity contribution in [1.82, 2.24) is 0 Å². The molecule has 3 nitrogen and oxygen atoms in total. The average Bonchev–Trinajstić information content (AvgIpc) is 2.37. The summed E-state index contributed by atoms with van der Waals surface area (Å²) in [4.78, 5) is 11.5. The quantitative estimate of drug-likeness (QED) is 0.398. The van der Waals surface area contributed by atoms with Crippen LogP contribution in [0.5, 0.6) is 11.5 Å². The first-order chi connectivity index (χ1) is 8.76. The Balaban J connectivity index is 2.45. The van der Waals surface area contributed by atoms with Gasteiger partial charge in [0.15, 0.2) is 0 Å². The molecule has 1 aromatic carbocycles. The van der Waals surface area contributed by atoms with Crippen molar-refractivity contribution in [2.75, 3.05) is 6.61 Å². The lowest BCUT2D eigenvalue weighted by Crippen LogP contribution is -2.07. The summed E-state index contributed by atoms with van der Waals surface area (Å²) in [5, 5.41) is 0. The normalized spacial score (nSPS) is 10.1. The molecule has 0 radical (unpaired) electrons. The van der Waals surface area contributed by atoms with Gasteiger partial charge in [-0.1, -0.05) is 32.8 Å². The Bertz CT molecular complexity index is 361. The number of ether oxygens (including phenoxy) is 2. The van der Waals surface area contributed by atoms with Crippen LogP contribution in [-0.4, -0.2) is 12.6 Å². The minimum atomic E-state index is -0.178. The van der Waals surface area contributed by atoms with Crippen LogP contribution in [-0.2, 0) is 4.79 Å². The van der Waals surface area contributed by atoms with Gasteiger partial charge in [-0.15, -0.1) is 0 Å². The fourth-order valence-electron chi connectivity index (χ4n) is 1.47. The van der Waals surface area contributed by atoms with E-state index < -0.39 is 0 Å². The predicted octanol–water partition coefficient (Wildman–Crippen LogP) is 3.96. The molecule has 0 N–H and O–H groups in total. The minimum Gasteiger partial charge on any atom is -0.493 e. The Labute approximate surface area is 109 Å². The van der Waals surface area contributed by atoms with Crippen LogP contribution < -0.4 is 9.47 Å². The molecule has 100 valence electrons. The molecule has 0 unspecified atom stereocenters. The van der Waals surface area contributed by atoms with E-state index in [-0.39, 0.29) is 5.97 Å². The third-order valence-corrected chi connectivity index (χ3v) is 2.54. The molecule has 18 heavy (non-hydrogen) atoms. The van der Waals surface area contributed by atoms with Crippen molar-refractivity contribution in [3.63, 3.8) is 0 Å². The fraction of sp³-hybridized carbons (Fsp3) is 0.533. The zero-order valence-corrected chi connectivity index (χ0v) is 11.3. The van der Waals surface area contributed by atoms with Crippen molar-refractivity contribution >= 4 is 5.97 Å². The van der Waals surface area contributed by atoms with E-state index in [1.165, 1.54) is 0 Å². The summed E-state index contributed by atoms with van der Waals surface area (Å²) in [5.74, 6) is 1.14. The standard InChI is InChI=1S/C15H22O3/c1-3-5-10-15(16)18-14-9-7-8-13(12-14)17-11-6-4-2/h7-9,12H,3-6,10-11H2,1-2H3. The predicted molar refractivity (Wildman–Crippen MR) is 72.0 cm³/mol. The second-order valence-corrected chi connectivity index (χ2v) is 4.25. The number of benzene rings is 1. The summed E-state index contributed by atoms with van der Waals surface area (Å²) in [5.41, 5.74) is 0. The molecular formula is C15H22O3. The van der Waals surface area contributed by atoms with Crippen LogP contribution >= 0.6 is 0 Å². The maximum absolute atomic E-state index is 11.5. The summed E-state index contributed by atoms with van der Waals surface area (Å²) in [6, 6.07) is 7.25. The second-order valence-electron chi connectivity index (χ2n) is 4.25. The van der Waals surface area contributed by atoms with E-state index in [1.54, 1.807) is 12.1 Å². The topological polar surface area (TPSA) is 35.5 Å². The second kappa shape index (κ2) is 8.56. The number of carbonyl (C=O) groups is 1. The highest BCUT2D eigenvalue weighted by atomic mass is 16.5. The highest BCUT2D eigenvalue weighted by Crippen LogP contribution is 2.20. The van der Waals surface area contributed by atoms with E-state index in [4.69, 9.17) is 9.47 Å². The van der Waals surface area contributed by atoms with Gasteiger partial charge in [0.25, 0.3) is 0 Å². The number of unbranched alkanes of at least 4 members (excludes halogenated alkanes) is 2. The van der Waals surface area contributed by atoms with E-state index in [0.717, 1.165) is 31.4 Å². The molecule has 0 spiro atoms. The van der Waals surface area contributed by atoms with Crippen molar-refractivity contribution < 1.29 is 14.3 Å². The first kappa shape index (κ1) is 14.6. The van der Waals surface area contributed by atoms with Gasteiger partial charge >= 0.3 is 5.97 Å². The average molecular weight is 250 g/mol. The molecule has 0 saturated heterocycles. The summed E-state index contributed by atoms with van der Waals surface area (Å²) >= 11 is 0. The Morgan fingerprint density at radius 3 is 2.56 bits per heavy atom. The number of rotatable bonds is 8. The Morgan fingerprint density at radius 1 is 1.11 bits per heavy atom. The third-order valence-electron chi connectivity index (χ3n) is 2.54. The van der Waals surface area contributed by atoms with Gasteiger partial charge in [0.1, 0.15) is 11.5 Å². The SMILES string of the molecule is CCCCOc1cccc(OC(=O)CCCC)c1. The maximum Gasteiger partial charge on any atom is 0.311 e. The first-order valence-electron chi connectivity index (χ1n) is 6.69. The summed E-state index contributed by atoms with van der Waals surface area (Å²) in [6.07, 6.45) is 4.46. The molecule has 0 aliphatic heterocycles. The van der Waals surface area contributed by atoms with Crippen molar-refractivity contribution in [2.45, 2.75) is 46.0 Å². The van der Waals surface area contributed by atoms with E-state index in [9.17, 15) is 4.79 Å². The molecule has 0 aromatic heterocycles. The number of esters is 1. The highest BCUT2D eigenvalue weighted by molar-refractivity contribution is 5.72. The van der Waals surface area contributed by atoms with Crippen molar-refractivity contribution in [3.05, 3.63) is 24.3 Å². The lowest BCUT2D eigenvalue weighted by atomic mass is 10.2. The molecule has 0 aliphatic carbocycles. The molecule has 1 rings (SSSR count). The van der Waals surface area contributed by atoms with Crippen LogP contribution in [0.3, 0.4) is 0 Å². The van der Waals surface area contributed by atoms with E-state index in [0.29, 0.717) is 18.8 Å². The maximum atomic E-state index is 11.5. The smallest absolute Gasteiger partial charge is 0.311 e. The Hall–Kier alpha value is -1.51. The van der Waals surface area contributed by atoms with Gasteiger partial charge in [-0.25, -0.2) is 0 Å². The summed E-state index contributed by atoms with van der Waals surface area (Å²) in [7, 11) is 0. The molecule has 0 aliphatic rings. The monoisotopic (exact) mass is 250 g/mol. The van der Waals surface area contributed by atoms with E-state index >= 15 is 0 Å². The van der Waals surface area contributed by atoms with Crippen LogP contribution in [0.1, 0.15) is 46.0 Å². The van der Waals surface area contributed by atoms with Gasteiger partial charge in [-0.05, 0) is 25.0 Å². The third kappa shape index (κ3) is 5.71. The number of hydrogen-bond acceptors (Lipinski definition) is 3. The molecule has 0 heterocycles. The van der Waals surface area contributed by atoms with Gasteiger partial charge in [-0.3, -0.25) is 4.79 Å². The van der Waals surface area contributed by atoms with Crippen LogP contribution in [0.15, 0.2) is 24.3 Å². The van der Waals surface area contributed by atoms with Crippen molar-refractivity contribution in [3.8, 4) is 11.5 Å². The molecule has 0 amide bonds. The lowest BCUT2D eigenvalue weighted by Gasteiger charge is -2.08. The van der Waals surface area contributed by atoms with Crippen molar-refractivity contribution in [2.24, 2.45) is 0 Å². The molecule has 3 heteroatoms. The molecule has 1 aromatic rings. The van der Waals surface area contributed by atoms with E-state index in [1.807, 2.05) is 12.1 Å². The van der Waals surface area contributed by atoms with Crippen LogP contribution in [0.2, 0.25) is 0 Å². The van der Waals surface area contributed by atoms with Gasteiger partial charge in [-0.2, -0.15) is 0 Å². The first-order valence-corrected chi connectivity index (χ1v) is 6.69. The number of hydrogen-bond donors (Lipinski definition) is 0. The fourth-order valence-corrected chi connectivity index (χ4v) is 1.47. The van der Waals surface area contributed by atoms with Crippen LogP contribution in [0.25, 0.3) is 0 Å². The molecule has 0 fully saturated rings. The van der Waals surface area contributed by atoms with Crippen molar-refractivity contribution in [1.29, 1.82) is 0 Å². The molecule has 0 saturated carbocycles. The Morgan fingerprint density at radius 2 is 1.83 bits per heavy atom. The zero-order valence-electron chi connectivity index (χ0n) is 11.3. The highest BCUT2D eigenvalue weighted by Gasteiger charge is 2.05. The van der Waals surface area contributed by atoms with Gasteiger partial charge in [0, 0.05) is 12.5 Å². The van der Waals surface area contributed by atoms with Gasteiger partial charge < -0.3 is 9.47 Å². The Kier molecular flexibility index (Phi) is 6.92. The van der Waals surface area contributed by atoms with E-state index in [2.05, 4.69) is 13.8 Å². The minimum absolute atomic E-state index is 0.178. The van der Waals surface area contributed by atoms with Gasteiger partial charge in [0.05, 0.1) is 6.61 Å². The van der Waals surface area contributed by atoms with Gasteiger partial charge in [0.2, 0.25) is 0 Å². The van der Waals surface area contributed by atoms with Crippen LogP contribution in [0.4, 0.5) is 0 Å². The lowest BCUT2D eigenvalue weighted by molar-refractivity contribution is -0.134. The molecule has 0 bridgehead atoms. The summed E-state index contributed by atoms with van der Waals surface area (Å²) in [6.45, 7) is 4.87. The summed E-state index contributed by atoms with van der Waals surface area (Å²) < 4.78 is 10.8. The zero-order chi connectivity index (χ0) is 13.2.